The van der Waals surface area contributed by atoms with E-state index in [-0.39, 0.29) is 0 Å². The van der Waals surface area contributed by atoms with Gasteiger partial charge in [-0.15, -0.1) is 0 Å². The molecule has 2 aromatic carbocycles. The maximum Gasteiger partial charge on any atom is 0.147 e. The highest BCUT2D eigenvalue weighted by Crippen LogP contribution is 2.19. The number of hydroxylamine groups is 1. The zero-order chi connectivity index (χ0) is 11.4. The van der Waals surface area contributed by atoms with Crippen LogP contribution in [0.1, 0.15) is 6.92 Å². The Morgan fingerprint density at radius 1 is 1.19 bits per heavy atom. The standard InChI is InChI=1S/C13H15NO2/c1-10(15)9-14-16-13-7-6-11-4-2-3-5-12(11)8-13/h2-8,10,14-15H,9H2,1H3. The number of aliphatic hydroxyl groups is 1. The molecule has 0 heterocycles. The van der Waals surface area contributed by atoms with E-state index in [2.05, 4.69) is 11.5 Å². The molecule has 3 nitrogen and oxygen atoms in total. The van der Waals surface area contributed by atoms with Crippen molar-refractivity contribution in [1.82, 2.24) is 5.48 Å². The van der Waals surface area contributed by atoms with Gasteiger partial charge < -0.3 is 9.94 Å². The van der Waals surface area contributed by atoms with E-state index in [1.807, 2.05) is 36.4 Å². The van der Waals surface area contributed by atoms with Crippen molar-refractivity contribution in [3.05, 3.63) is 42.5 Å². The van der Waals surface area contributed by atoms with E-state index < -0.39 is 6.10 Å². The third-order valence-corrected chi connectivity index (χ3v) is 2.29. The predicted molar refractivity (Wildman–Crippen MR) is 64.3 cm³/mol. The Labute approximate surface area is 94.6 Å². The number of benzene rings is 2. The predicted octanol–water partition coefficient (Wildman–Crippen LogP) is 2.10. The molecule has 2 rings (SSSR count). The third kappa shape index (κ3) is 2.72. The first-order valence-electron chi connectivity index (χ1n) is 5.32. The molecule has 0 saturated heterocycles. The van der Waals surface area contributed by atoms with E-state index in [9.17, 15) is 0 Å². The second kappa shape index (κ2) is 4.96. The molecule has 0 bridgehead atoms. The van der Waals surface area contributed by atoms with Crippen LogP contribution >= 0.6 is 0 Å². The summed E-state index contributed by atoms with van der Waals surface area (Å²) in [4.78, 5) is 5.31. The third-order valence-electron chi connectivity index (χ3n) is 2.29. The van der Waals surface area contributed by atoms with Gasteiger partial charge in [0.25, 0.3) is 0 Å². The van der Waals surface area contributed by atoms with Crippen molar-refractivity contribution in [2.45, 2.75) is 13.0 Å². The number of rotatable bonds is 4. The SMILES string of the molecule is CC(O)CNOc1ccc2ccccc2c1. The van der Waals surface area contributed by atoms with Crippen LogP contribution in [0.25, 0.3) is 10.8 Å². The molecule has 0 spiro atoms. The maximum atomic E-state index is 9.06. The minimum atomic E-state index is -0.416. The fourth-order valence-corrected chi connectivity index (χ4v) is 1.48. The molecule has 0 aromatic heterocycles. The smallest absolute Gasteiger partial charge is 0.147 e. The molecule has 1 unspecified atom stereocenters. The second-order valence-electron chi connectivity index (χ2n) is 3.81. The molecule has 3 heteroatoms. The molecule has 16 heavy (non-hydrogen) atoms. The first-order chi connectivity index (χ1) is 7.75. The lowest BCUT2D eigenvalue weighted by molar-refractivity contribution is 0.119. The fourth-order valence-electron chi connectivity index (χ4n) is 1.48. The molecule has 0 radical (unpaired) electrons. The Morgan fingerprint density at radius 2 is 1.94 bits per heavy atom. The largest absolute Gasteiger partial charge is 0.409 e. The number of fused-ring (bicyclic) bond motifs is 1. The number of hydrogen-bond donors (Lipinski definition) is 2. The van der Waals surface area contributed by atoms with Crippen LogP contribution in [0.2, 0.25) is 0 Å². The lowest BCUT2D eigenvalue weighted by atomic mass is 10.1. The maximum absolute atomic E-state index is 9.06. The lowest BCUT2D eigenvalue weighted by Gasteiger charge is -2.09. The van der Waals surface area contributed by atoms with Crippen LogP contribution in [0, 0.1) is 0 Å². The molecular weight excluding hydrogens is 202 g/mol. The van der Waals surface area contributed by atoms with E-state index in [1.165, 1.54) is 5.39 Å². The molecule has 0 aliphatic carbocycles. The number of nitrogens with one attached hydrogen (secondary N) is 1. The average molecular weight is 217 g/mol. The van der Waals surface area contributed by atoms with Crippen molar-refractivity contribution >= 4 is 10.8 Å². The fraction of sp³-hybridized carbons (Fsp3) is 0.231. The highest BCUT2D eigenvalue weighted by atomic mass is 16.6. The van der Waals surface area contributed by atoms with Crippen molar-refractivity contribution in [2.75, 3.05) is 6.54 Å². The van der Waals surface area contributed by atoms with Gasteiger partial charge in [0.1, 0.15) is 5.75 Å². The van der Waals surface area contributed by atoms with Crippen LogP contribution in [-0.4, -0.2) is 17.8 Å². The van der Waals surface area contributed by atoms with Crippen LogP contribution in [0.3, 0.4) is 0 Å². The summed E-state index contributed by atoms with van der Waals surface area (Å²) in [7, 11) is 0. The molecule has 84 valence electrons. The van der Waals surface area contributed by atoms with Crippen molar-refractivity contribution in [1.29, 1.82) is 0 Å². The second-order valence-corrected chi connectivity index (χ2v) is 3.81. The van der Waals surface area contributed by atoms with Gasteiger partial charge in [-0.25, -0.2) is 0 Å². The summed E-state index contributed by atoms with van der Waals surface area (Å²) in [5.41, 5.74) is 2.72. The van der Waals surface area contributed by atoms with Gasteiger partial charge in [0.05, 0.1) is 12.6 Å². The van der Waals surface area contributed by atoms with Crippen molar-refractivity contribution in [2.24, 2.45) is 0 Å². The van der Waals surface area contributed by atoms with Crippen LogP contribution in [0.15, 0.2) is 42.5 Å². The molecule has 0 fully saturated rings. The van der Waals surface area contributed by atoms with Crippen molar-refractivity contribution < 1.29 is 9.94 Å². The summed E-state index contributed by atoms with van der Waals surface area (Å²) in [5, 5.41) is 11.4. The quantitative estimate of drug-likeness (QED) is 0.771. The molecule has 2 N–H and O–H groups in total. The Balaban J connectivity index is 2.08. The topological polar surface area (TPSA) is 41.5 Å². The van der Waals surface area contributed by atoms with Crippen LogP contribution in [-0.2, 0) is 0 Å². The van der Waals surface area contributed by atoms with Crippen LogP contribution < -0.4 is 10.3 Å². The van der Waals surface area contributed by atoms with E-state index in [4.69, 9.17) is 9.94 Å². The van der Waals surface area contributed by atoms with Gasteiger partial charge in [-0.1, -0.05) is 30.3 Å². The Kier molecular flexibility index (Phi) is 3.39. The van der Waals surface area contributed by atoms with E-state index >= 15 is 0 Å². The molecule has 0 amide bonds. The summed E-state index contributed by atoms with van der Waals surface area (Å²) >= 11 is 0. The first-order valence-corrected chi connectivity index (χ1v) is 5.32. The summed E-state index contributed by atoms with van der Waals surface area (Å²) in [6.07, 6.45) is -0.416. The summed E-state index contributed by atoms with van der Waals surface area (Å²) < 4.78 is 0. The Hall–Kier alpha value is -1.58. The zero-order valence-corrected chi connectivity index (χ0v) is 9.18. The number of hydrogen-bond acceptors (Lipinski definition) is 3. The molecular formula is C13H15NO2. The van der Waals surface area contributed by atoms with Crippen molar-refractivity contribution in [3.8, 4) is 5.75 Å². The van der Waals surface area contributed by atoms with Gasteiger partial charge >= 0.3 is 0 Å². The highest BCUT2D eigenvalue weighted by molar-refractivity contribution is 5.83. The van der Waals surface area contributed by atoms with E-state index in [1.54, 1.807) is 6.92 Å². The van der Waals surface area contributed by atoms with E-state index in [0.717, 1.165) is 11.1 Å². The summed E-state index contributed by atoms with van der Waals surface area (Å²) in [6, 6.07) is 14.0. The monoisotopic (exact) mass is 217 g/mol. The first kappa shape index (κ1) is 10.9. The Morgan fingerprint density at radius 3 is 2.69 bits per heavy atom. The van der Waals surface area contributed by atoms with Gasteiger partial charge in [-0.05, 0) is 29.8 Å². The number of aliphatic hydroxyl groups excluding tert-OH is 1. The van der Waals surface area contributed by atoms with Gasteiger partial charge in [-0.2, -0.15) is 5.48 Å². The van der Waals surface area contributed by atoms with Crippen LogP contribution in [0.5, 0.6) is 5.75 Å². The normalized spacial score (nSPS) is 12.6. The average Bonchev–Trinajstić information content (AvgIpc) is 2.28. The summed E-state index contributed by atoms with van der Waals surface area (Å²) in [6.45, 7) is 2.11. The van der Waals surface area contributed by atoms with Crippen LogP contribution in [0.4, 0.5) is 0 Å². The van der Waals surface area contributed by atoms with Gasteiger partial charge in [0.15, 0.2) is 0 Å². The molecule has 2 aromatic rings. The molecule has 0 saturated carbocycles. The van der Waals surface area contributed by atoms with Gasteiger partial charge in [0.2, 0.25) is 0 Å². The molecule has 0 aliphatic heterocycles. The highest BCUT2D eigenvalue weighted by Gasteiger charge is 1.98. The zero-order valence-electron chi connectivity index (χ0n) is 9.18. The summed E-state index contributed by atoms with van der Waals surface area (Å²) in [5.74, 6) is 0.749. The molecule has 0 aliphatic rings. The lowest BCUT2D eigenvalue weighted by Crippen LogP contribution is -2.27. The van der Waals surface area contributed by atoms with E-state index in [0.29, 0.717) is 6.54 Å². The minimum Gasteiger partial charge on any atom is -0.409 e. The Bertz CT molecular complexity index is 468. The van der Waals surface area contributed by atoms with Gasteiger partial charge in [-0.3, -0.25) is 0 Å². The van der Waals surface area contributed by atoms with Crippen molar-refractivity contribution in [3.63, 3.8) is 0 Å². The molecule has 1 atom stereocenters. The minimum absolute atomic E-state index is 0.410. The van der Waals surface area contributed by atoms with Gasteiger partial charge in [0, 0.05) is 0 Å².